The molecule has 1 fully saturated rings. The molecule has 0 radical (unpaired) electrons. The molecule has 1 saturated carbocycles. The average molecular weight is 302 g/mol. The lowest BCUT2D eigenvalue weighted by atomic mass is 10.1. The van der Waals surface area contributed by atoms with Crippen LogP contribution >= 0.6 is 0 Å². The van der Waals surface area contributed by atoms with Gasteiger partial charge in [0.05, 0.1) is 12.5 Å². The van der Waals surface area contributed by atoms with Crippen LogP contribution in [0.1, 0.15) is 38.8 Å². The molecule has 22 heavy (non-hydrogen) atoms. The molecule has 1 aromatic carbocycles. The van der Waals surface area contributed by atoms with Crippen molar-refractivity contribution in [3.63, 3.8) is 0 Å². The molecule has 2 rings (SSSR count). The highest BCUT2D eigenvalue weighted by Gasteiger charge is 2.61. The summed E-state index contributed by atoms with van der Waals surface area (Å²) in [5, 5.41) is 0. The predicted molar refractivity (Wildman–Crippen MR) is 87.1 cm³/mol. The van der Waals surface area contributed by atoms with Crippen molar-refractivity contribution in [3.8, 4) is 0 Å². The molecule has 0 bridgehead atoms. The molecule has 3 nitrogen and oxygen atoms in total. The quantitative estimate of drug-likeness (QED) is 0.586. The van der Waals surface area contributed by atoms with E-state index in [1.807, 2.05) is 24.3 Å². The summed E-state index contributed by atoms with van der Waals surface area (Å²) >= 11 is 0. The molecular formula is C19H26O3. The van der Waals surface area contributed by atoms with E-state index < -0.39 is 0 Å². The van der Waals surface area contributed by atoms with Gasteiger partial charge in [-0.1, -0.05) is 49.8 Å². The fraction of sp³-hybridized carbons (Fsp3) is 0.526. The number of hydrogen-bond donors (Lipinski definition) is 0. The van der Waals surface area contributed by atoms with Gasteiger partial charge in [0, 0.05) is 7.11 Å². The number of ether oxygens (including phenoxy) is 2. The van der Waals surface area contributed by atoms with Gasteiger partial charge in [0.1, 0.15) is 6.61 Å². The number of allylic oxidation sites excluding steroid dienone is 2. The highest BCUT2D eigenvalue weighted by molar-refractivity contribution is 5.78. The van der Waals surface area contributed by atoms with E-state index in [9.17, 15) is 4.79 Å². The van der Waals surface area contributed by atoms with Gasteiger partial charge >= 0.3 is 5.97 Å². The largest absolute Gasteiger partial charge is 0.461 e. The Bertz CT molecular complexity index is 568. The van der Waals surface area contributed by atoms with Crippen molar-refractivity contribution in [1.29, 1.82) is 0 Å². The summed E-state index contributed by atoms with van der Waals surface area (Å²) in [6.07, 6.45) is 2.19. The zero-order valence-corrected chi connectivity index (χ0v) is 14.2. The lowest BCUT2D eigenvalue weighted by molar-refractivity contribution is -0.147. The Morgan fingerprint density at radius 3 is 2.45 bits per heavy atom. The van der Waals surface area contributed by atoms with E-state index in [1.54, 1.807) is 7.11 Å². The Labute approximate surface area is 133 Å². The summed E-state index contributed by atoms with van der Waals surface area (Å²) in [6.45, 7) is 9.28. The van der Waals surface area contributed by atoms with Gasteiger partial charge in [-0.2, -0.15) is 0 Å². The molecule has 0 aliphatic heterocycles. The molecule has 1 aromatic rings. The molecule has 0 aromatic heterocycles. The summed E-state index contributed by atoms with van der Waals surface area (Å²) in [5.41, 5.74) is 3.35. The summed E-state index contributed by atoms with van der Waals surface area (Å²) in [7, 11) is 1.67. The standard InChI is InChI=1S/C19H26O3/c1-13(2)9-16-17(19(16,3)4)18(20)22-12-15-8-6-7-14(10-15)11-21-5/h6-10,16-17H,11-12H2,1-5H3/t16-,17+/m1/s1. The minimum absolute atomic E-state index is 0.00620. The molecule has 0 heterocycles. The molecule has 0 amide bonds. The monoisotopic (exact) mass is 302 g/mol. The normalized spacial score (nSPS) is 22.0. The number of hydrogen-bond acceptors (Lipinski definition) is 3. The van der Waals surface area contributed by atoms with Crippen LogP contribution in [0.15, 0.2) is 35.9 Å². The van der Waals surface area contributed by atoms with Crippen molar-refractivity contribution >= 4 is 5.97 Å². The maximum Gasteiger partial charge on any atom is 0.310 e. The summed E-state index contributed by atoms with van der Waals surface area (Å²) in [4.78, 5) is 12.3. The third-order valence-electron chi connectivity index (χ3n) is 4.36. The number of esters is 1. The first kappa shape index (κ1) is 16.8. The van der Waals surface area contributed by atoms with Crippen LogP contribution in [0.5, 0.6) is 0 Å². The van der Waals surface area contributed by atoms with E-state index in [1.165, 1.54) is 5.57 Å². The zero-order valence-electron chi connectivity index (χ0n) is 14.2. The maximum atomic E-state index is 12.3. The van der Waals surface area contributed by atoms with E-state index in [-0.39, 0.29) is 17.3 Å². The van der Waals surface area contributed by atoms with Gasteiger partial charge in [-0.25, -0.2) is 0 Å². The zero-order chi connectivity index (χ0) is 16.3. The second-order valence-electron chi connectivity index (χ2n) is 6.93. The highest BCUT2D eigenvalue weighted by Crippen LogP contribution is 2.59. The highest BCUT2D eigenvalue weighted by atomic mass is 16.5. The van der Waals surface area contributed by atoms with Crippen LogP contribution in [-0.2, 0) is 27.5 Å². The van der Waals surface area contributed by atoms with Crippen LogP contribution in [0.25, 0.3) is 0 Å². The van der Waals surface area contributed by atoms with E-state index in [4.69, 9.17) is 9.47 Å². The van der Waals surface area contributed by atoms with Crippen LogP contribution in [0.4, 0.5) is 0 Å². The van der Waals surface area contributed by atoms with Crippen molar-refractivity contribution in [1.82, 2.24) is 0 Å². The first-order valence-corrected chi connectivity index (χ1v) is 7.74. The van der Waals surface area contributed by atoms with Crippen molar-refractivity contribution in [3.05, 3.63) is 47.0 Å². The SMILES string of the molecule is COCc1cccc(COC(=O)[C@@H]2[C@@H](C=C(C)C)C2(C)C)c1. The Balaban J connectivity index is 1.94. The second kappa shape index (κ2) is 6.66. The number of benzene rings is 1. The van der Waals surface area contributed by atoms with E-state index >= 15 is 0 Å². The third kappa shape index (κ3) is 3.77. The predicted octanol–water partition coefficient (Wildman–Crippen LogP) is 4.11. The Kier molecular flexibility index (Phi) is 5.07. The smallest absolute Gasteiger partial charge is 0.310 e. The molecule has 2 atom stereocenters. The minimum atomic E-state index is -0.0929. The lowest BCUT2D eigenvalue weighted by Gasteiger charge is -2.07. The second-order valence-corrected chi connectivity index (χ2v) is 6.93. The fourth-order valence-electron chi connectivity index (χ4n) is 3.02. The molecule has 0 unspecified atom stereocenters. The fourth-order valence-corrected chi connectivity index (χ4v) is 3.02. The topological polar surface area (TPSA) is 35.5 Å². The van der Waals surface area contributed by atoms with Crippen LogP contribution in [0, 0.1) is 17.3 Å². The first-order chi connectivity index (χ1) is 10.4. The van der Waals surface area contributed by atoms with Gasteiger partial charge in [0.2, 0.25) is 0 Å². The summed E-state index contributed by atoms with van der Waals surface area (Å²) < 4.78 is 10.6. The molecule has 0 spiro atoms. The molecular weight excluding hydrogens is 276 g/mol. The Morgan fingerprint density at radius 2 is 1.86 bits per heavy atom. The molecule has 0 saturated heterocycles. The van der Waals surface area contributed by atoms with Crippen molar-refractivity contribution in [2.45, 2.75) is 40.9 Å². The molecule has 1 aliphatic rings. The van der Waals surface area contributed by atoms with Gasteiger partial charge in [0.25, 0.3) is 0 Å². The number of carbonyl (C=O) groups excluding carboxylic acids is 1. The van der Waals surface area contributed by atoms with Gasteiger partial charge in [0.15, 0.2) is 0 Å². The van der Waals surface area contributed by atoms with E-state index in [2.05, 4.69) is 33.8 Å². The van der Waals surface area contributed by atoms with Crippen LogP contribution in [0.2, 0.25) is 0 Å². The molecule has 120 valence electrons. The number of carbonyl (C=O) groups is 1. The molecule has 1 aliphatic carbocycles. The van der Waals surface area contributed by atoms with Gasteiger partial charge in [-0.3, -0.25) is 4.79 Å². The Morgan fingerprint density at radius 1 is 1.23 bits per heavy atom. The van der Waals surface area contributed by atoms with Crippen molar-refractivity contribution in [2.24, 2.45) is 17.3 Å². The van der Waals surface area contributed by atoms with Gasteiger partial charge in [-0.15, -0.1) is 0 Å². The Hall–Kier alpha value is -1.61. The third-order valence-corrected chi connectivity index (χ3v) is 4.36. The van der Waals surface area contributed by atoms with Gasteiger partial charge < -0.3 is 9.47 Å². The van der Waals surface area contributed by atoms with Crippen LogP contribution < -0.4 is 0 Å². The lowest BCUT2D eigenvalue weighted by Crippen LogP contribution is -2.10. The van der Waals surface area contributed by atoms with E-state index in [0.717, 1.165) is 11.1 Å². The van der Waals surface area contributed by atoms with Crippen LogP contribution in [0.3, 0.4) is 0 Å². The molecule has 3 heteroatoms. The van der Waals surface area contributed by atoms with E-state index in [0.29, 0.717) is 19.1 Å². The summed E-state index contributed by atoms with van der Waals surface area (Å²) in [6, 6.07) is 7.95. The van der Waals surface area contributed by atoms with Crippen molar-refractivity contribution < 1.29 is 14.3 Å². The van der Waals surface area contributed by atoms with Crippen LogP contribution in [-0.4, -0.2) is 13.1 Å². The molecule has 0 N–H and O–H groups in total. The maximum absolute atomic E-state index is 12.3. The number of methoxy groups -OCH3 is 1. The number of rotatable bonds is 6. The average Bonchev–Trinajstić information content (AvgIpc) is 2.97. The van der Waals surface area contributed by atoms with Crippen molar-refractivity contribution in [2.75, 3.05) is 7.11 Å². The first-order valence-electron chi connectivity index (χ1n) is 7.74. The minimum Gasteiger partial charge on any atom is -0.461 e. The summed E-state index contributed by atoms with van der Waals surface area (Å²) in [5.74, 6) is 0.180. The van der Waals surface area contributed by atoms with Gasteiger partial charge in [-0.05, 0) is 36.3 Å².